The van der Waals surface area contributed by atoms with E-state index >= 15 is 0 Å². The first-order valence-corrected chi connectivity index (χ1v) is 9.23. The topological polar surface area (TPSA) is 66.4 Å². The molecule has 0 radical (unpaired) electrons. The molecule has 0 heterocycles. The molecular formula is C14H29NO3S. The van der Waals surface area contributed by atoms with Crippen LogP contribution in [-0.4, -0.2) is 44.2 Å². The summed E-state index contributed by atoms with van der Waals surface area (Å²) in [6, 6.07) is 0.321. The standard InChI is InChI=1S/C14H29NO3S/c1-14(2,8-5-9-16)11-15-12-6-4-7-13(10-12)19(3,17)18/h12-13,15-16H,4-11H2,1-3H3. The van der Waals surface area contributed by atoms with Crippen LogP contribution in [0.1, 0.15) is 52.4 Å². The number of aliphatic hydroxyl groups excluding tert-OH is 1. The van der Waals surface area contributed by atoms with E-state index < -0.39 is 9.84 Å². The third kappa shape index (κ3) is 6.23. The molecule has 114 valence electrons. The maximum absolute atomic E-state index is 11.6. The van der Waals surface area contributed by atoms with E-state index in [1.165, 1.54) is 6.26 Å². The van der Waals surface area contributed by atoms with Crippen molar-refractivity contribution < 1.29 is 13.5 Å². The van der Waals surface area contributed by atoms with Crippen molar-refractivity contribution in [3.8, 4) is 0 Å². The van der Waals surface area contributed by atoms with Crippen LogP contribution in [0.2, 0.25) is 0 Å². The van der Waals surface area contributed by atoms with Gasteiger partial charge in [-0.1, -0.05) is 20.3 Å². The highest BCUT2D eigenvalue weighted by molar-refractivity contribution is 7.91. The summed E-state index contributed by atoms with van der Waals surface area (Å²) in [7, 11) is -2.90. The summed E-state index contributed by atoms with van der Waals surface area (Å²) in [4.78, 5) is 0. The van der Waals surface area contributed by atoms with Crippen molar-refractivity contribution in [2.45, 2.75) is 63.7 Å². The number of rotatable bonds is 7. The lowest BCUT2D eigenvalue weighted by Gasteiger charge is -2.32. The Balaban J connectivity index is 2.41. The minimum absolute atomic E-state index is 0.154. The summed E-state index contributed by atoms with van der Waals surface area (Å²) < 4.78 is 23.2. The van der Waals surface area contributed by atoms with Gasteiger partial charge < -0.3 is 10.4 Å². The van der Waals surface area contributed by atoms with E-state index in [2.05, 4.69) is 19.2 Å². The molecule has 1 aliphatic carbocycles. The van der Waals surface area contributed by atoms with E-state index in [1.807, 2.05) is 0 Å². The Hall–Kier alpha value is -0.130. The van der Waals surface area contributed by atoms with Gasteiger partial charge in [-0.25, -0.2) is 8.42 Å². The Morgan fingerprint density at radius 3 is 2.58 bits per heavy atom. The molecule has 2 atom stereocenters. The SMILES string of the molecule is CC(C)(CCCO)CNC1CCCC(S(C)(=O)=O)C1. The van der Waals surface area contributed by atoms with Gasteiger partial charge in [0.15, 0.2) is 0 Å². The zero-order valence-corrected chi connectivity index (χ0v) is 13.3. The number of hydrogen-bond acceptors (Lipinski definition) is 4. The Bertz CT molecular complexity index is 365. The van der Waals surface area contributed by atoms with E-state index in [9.17, 15) is 8.42 Å². The third-order valence-corrected chi connectivity index (χ3v) is 5.75. The largest absolute Gasteiger partial charge is 0.396 e. The summed E-state index contributed by atoms with van der Waals surface area (Å²) in [6.07, 6.45) is 6.78. The van der Waals surface area contributed by atoms with E-state index in [0.29, 0.717) is 6.04 Å². The van der Waals surface area contributed by atoms with Crippen LogP contribution in [0.3, 0.4) is 0 Å². The quantitative estimate of drug-likeness (QED) is 0.750. The van der Waals surface area contributed by atoms with Crippen molar-refractivity contribution in [3.05, 3.63) is 0 Å². The van der Waals surface area contributed by atoms with Gasteiger partial charge >= 0.3 is 0 Å². The lowest BCUT2D eigenvalue weighted by Crippen LogP contribution is -2.42. The highest BCUT2D eigenvalue weighted by Gasteiger charge is 2.29. The maximum Gasteiger partial charge on any atom is 0.150 e. The molecule has 4 nitrogen and oxygen atoms in total. The second kappa shape index (κ2) is 7.04. The molecule has 1 aliphatic rings. The fourth-order valence-corrected chi connectivity index (χ4v) is 3.96. The van der Waals surface area contributed by atoms with Gasteiger partial charge in [-0.2, -0.15) is 0 Å². The van der Waals surface area contributed by atoms with Crippen LogP contribution < -0.4 is 5.32 Å². The molecule has 1 rings (SSSR count). The first kappa shape index (κ1) is 16.9. The monoisotopic (exact) mass is 291 g/mol. The fraction of sp³-hybridized carbons (Fsp3) is 1.00. The van der Waals surface area contributed by atoms with Gasteiger partial charge in [-0.05, 0) is 37.5 Å². The van der Waals surface area contributed by atoms with Gasteiger partial charge in [0.25, 0.3) is 0 Å². The summed E-state index contributed by atoms with van der Waals surface area (Å²) in [5.74, 6) is 0. The highest BCUT2D eigenvalue weighted by Crippen LogP contribution is 2.26. The summed E-state index contributed by atoms with van der Waals surface area (Å²) in [5.41, 5.74) is 0.154. The van der Waals surface area contributed by atoms with Crippen LogP contribution in [0.5, 0.6) is 0 Å². The van der Waals surface area contributed by atoms with Crippen molar-refractivity contribution in [1.29, 1.82) is 0 Å². The molecule has 19 heavy (non-hydrogen) atoms. The third-order valence-electron chi connectivity index (χ3n) is 4.11. The molecule has 0 aromatic rings. The summed E-state index contributed by atoms with van der Waals surface area (Å²) in [6.45, 7) is 5.50. The Morgan fingerprint density at radius 2 is 2.00 bits per heavy atom. The lowest BCUT2D eigenvalue weighted by molar-refractivity contribution is 0.226. The second-order valence-corrected chi connectivity index (χ2v) is 9.01. The molecule has 0 bridgehead atoms. The smallest absolute Gasteiger partial charge is 0.150 e. The van der Waals surface area contributed by atoms with Gasteiger partial charge in [-0.15, -0.1) is 0 Å². The molecule has 1 fully saturated rings. The van der Waals surface area contributed by atoms with Gasteiger partial charge in [0.05, 0.1) is 5.25 Å². The molecular weight excluding hydrogens is 262 g/mol. The van der Waals surface area contributed by atoms with Gasteiger partial charge in [0, 0.05) is 25.4 Å². The van der Waals surface area contributed by atoms with E-state index in [0.717, 1.165) is 45.1 Å². The van der Waals surface area contributed by atoms with Crippen molar-refractivity contribution in [2.24, 2.45) is 5.41 Å². The van der Waals surface area contributed by atoms with E-state index in [4.69, 9.17) is 5.11 Å². The van der Waals surface area contributed by atoms with Crippen molar-refractivity contribution in [1.82, 2.24) is 5.32 Å². The average molecular weight is 291 g/mol. The number of hydrogen-bond donors (Lipinski definition) is 2. The molecule has 0 saturated heterocycles. The predicted molar refractivity (Wildman–Crippen MR) is 79.0 cm³/mol. The van der Waals surface area contributed by atoms with Crippen molar-refractivity contribution in [3.63, 3.8) is 0 Å². The van der Waals surface area contributed by atoms with E-state index in [1.54, 1.807) is 0 Å². The van der Waals surface area contributed by atoms with Crippen LogP contribution in [0, 0.1) is 5.41 Å². The number of sulfone groups is 1. The number of aliphatic hydroxyl groups is 1. The molecule has 0 aromatic heterocycles. The first-order chi connectivity index (χ1) is 8.74. The molecule has 5 heteroatoms. The molecule has 0 spiro atoms. The predicted octanol–water partition coefficient (Wildman–Crippen LogP) is 1.73. The minimum Gasteiger partial charge on any atom is -0.396 e. The number of nitrogens with one attached hydrogen (secondary N) is 1. The Kier molecular flexibility index (Phi) is 6.27. The van der Waals surface area contributed by atoms with Crippen LogP contribution in [0.4, 0.5) is 0 Å². The molecule has 2 N–H and O–H groups in total. The Morgan fingerprint density at radius 1 is 1.32 bits per heavy atom. The zero-order valence-electron chi connectivity index (χ0n) is 12.5. The molecule has 0 aliphatic heterocycles. The molecule has 1 saturated carbocycles. The van der Waals surface area contributed by atoms with Crippen LogP contribution >= 0.6 is 0 Å². The highest BCUT2D eigenvalue weighted by atomic mass is 32.2. The van der Waals surface area contributed by atoms with Gasteiger partial charge in [0.1, 0.15) is 9.84 Å². The summed E-state index contributed by atoms with van der Waals surface area (Å²) in [5, 5.41) is 12.2. The normalized spacial score (nSPS) is 25.5. The van der Waals surface area contributed by atoms with Crippen molar-refractivity contribution in [2.75, 3.05) is 19.4 Å². The van der Waals surface area contributed by atoms with Crippen molar-refractivity contribution >= 4 is 9.84 Å². The van der Waals surface area contributed by atoms with Crippen LogP contribution in [0.25, 0.3) is 0 Å². The van der Waals surface area contributed by atoms with Crippen LogP contribution in [-0.2, 0) is 9.84 Å². The van der Waals surface area contributed by atoms with Gasteiger partial charge in [0.2, 0.25) is 0 Å². The molecule has 0 amide bonds. The lowest BCUT2D eigenvalue weighted by atomic mass is 9.86. The second-order valence-electron chi connectivity index (χ2n) is 6.69. The van der Waals surface area contributed by atoms with Gasteiger partial charge in [-0.3, -0.25) is 0 Å². The first-order valence-electron chi connectivity index (χ1n) is 7.28. The summed E-state index contributed by atoms with van der Waals surface area (Å²) >= 11 is 0. The Labute approximate surface area is 117 Å². The molecule has 2 unspecified atom stereocenters. The minimum atomic E-state index is -2.90. The van der Waals surface area contributed by atoms with Crippen LogP contribution in [0.15, 0.2) is 0 Å². The average Bonchev–Trinajstić information content (AvgIpc) is 2.34. The molecule has 0 aromatic carbocycles. The van der Waals surface area contributed by atoms with E-state index in [-0.39, 0.29) is 17.3 Å². The fourth-order valence-electron chi connectivity index (χ4n) is 2.79. The zero-order chi connectivity index (χ0) is 14.5. The maximum atomic E-state index is 11.6.